The molecule has 0 bridgehead atoms. The van der Waals surface area contributed by atoms with Crippen molar-refractivity contribution in [3.8, 4) is 0 Å². The van der Waals surface area contributed by atoms with Crippen molar-refractivity contribution < 1.29 is 9.53 Å². The van der Waals surface area contributed by atoms with Crippen molar-refractivity contribution in [2.75, 3.05) is 20.3 Å². The number of hydrogen-bond donors (Lipinski definition) is 2. The maximum atomic E-state index is 12.1. The molecule has 0 radical (unpaired) electrons. The Morgan fingerprint density at radius 1 is 1.36 bits per heavy atom. The summed E-state index contributed by atoms with van der Waals surface area (Å²) in [6.07, 6.45) is 10.7. The van der Waals surface area contributed by atoms with Gasteiger partial charge in [0.2, 0.25) is 0 Å². The number of amides is 2. The van der Waals surface area contributed by atoms with Gasteiger partial charge in [0.25, 0.3) is 0 Å². The molecule has 6 heteroatoms. The SMILES string of the molecule is COCCn1cc(CCNC(=O)NC2CCCCC2)c2cccnc21. The van der Waals surface area contributed by atoms with E-state index in [0.717, 1.165) is 36.8 Å². The Hall–Kier alpha value is -2.08. The third kappa shape index (κ3) is 4.72. The van der Waals surface area contributed by atoms with Crippen molar-refractivity contribution in [3.05, 3.63) is 30.1 Å². The van der Waals surface area contributed by atoms with E-state index in [1.165, 1.54) is 24.8 Å². The summed E-state index contributed by atoms with van der Waals surface area (Å²) in [6, 6.07) is 4.33. The van der Waals surface area contributed by atoms with Crippen LogP contribution in [0.4, 0.5) is 4.79 Å². The van der Waals surface area contributed by atoms with E-state index in [1.54, 1.807) is 7.11 Å². The number of methoxy groups -OCH3 is 1. The molecule has 2 aromatic heterocycles. The molecule has 1 aliphatic carbocycles. The molecule has 0 spiro atoms. The standard InChI is InChI=1S/C19H28N4O2/c1-25-13-12-23-14-15(17-8-5-10-20-18(17)23)9-11-21-19(24)22-16-6-3-2-4-7-16/h5,8,10,14,16H,2-4,6-7,9,11-13H2,1H3,(H2,21,22,24). The first-order chi connectivity index (χ1) is 12.3. The van der Waals surface area contributed by atoms with Crippen LogP contribution in [0, 0.1) is 0 Å². The topological polar surface area (TPSA) is 68.2 Å². The number of pyridine rings is 1. The first-order valence-corrected chi connectivity index (χ1v) is 9.24. The van der Waals surface area contributed by atoms with Gasteiger partial charge in [0.1, 0.15) is 5.65 Å². The highest BCUT2D eigenvalue weighted by molar-refractivity contribution is 5.80. The number of aromatic nitrogens is 2. The van der Waals surface area contributed by atoms with E-state index in [4.69, 9.17) is 4.74 Å². The number of ether oxygens (including phenoxy) is 1. The van der Waals surface area contributed by atoms with Gasteiger partial charge in [0.15, 0.2) is 0 Å². The van der Waals surface area contributed by atoms with Crippen molar-refractivity contribution in [3.63, 3.8) is 0 Å². The summed E-state index contributed by atoms with van der Waals surface area (Å²) in [6.45, 7) is 2.05. The zero-order valence-electron chi connectivity index (χ0n) is 15.0. The summed E-state index contributed by atoms with van der Waals surface area (Å²) >= 11 is 0. The molecule has 2 heterocycles. The highest BCUT2D eigenvalue weighted by atomic mass is 16.5. The zero-order chi connectivity index (χ0) is 17.5. The Bertz CT molecular complexity index is 692. The van der Waals surface area contributed by atoms with Gasteiger partial charge in [-0.3, -0.25) is 0 Å². The van der Waals surface area contributed by atoms with Gasteiger partial charge in [-0.1, -0.05) is 19.3 Å². The Labute approximate surface area is 149 Å². The molecular weight excluding hydrogens is 316 g/mol. The molecule has 2 N–H and O–H groups in total. The number of carbonyl (C=O) groups is 1. The summed E-state index contributed by atoms with van der Waals surface area (Å²) in [7, 11) is 1.70. The number of carbonyl (C=O) groups excluding carboxylic acids is 1. The van der Waals surface area contributed by atoms with E-state index in [1.807, 2.05) is 12.3 Å². The van der Waals surface area contributed by atoms with Crippen LogP contribution in [0.15, 0.2) is 24.5 Å². The van der Waals surface area contributed by atoms with Crippen LogP contribution in [0.3, 0.4) is 0 Å². The molecule has 0 saturated heterocycles. The van der Waals surface area contributed by atoms with Gasteiger partial charge >= 0.3 is 6.03 Å². The maximum Gasteiger partial charge on any atom is 0.315 e. The molecule has 3 rings (SSSR count). The lowest BCUT2D eigenvalue weighted by atomic mass is 9.96. The molecular formula is C19H28N4O2. The van der Waals surface area contributed by atoms with Crippen molar-refractivity contribution in [1.82, 2.24) is 20.2 Å². The molecule has 2 amide bonds. The van der Waals surface area contributed by atoms with Crippen LogP contribution in [0.1, 0.15) is 37.7 Å². The molecule has 6 nitrogen and oxygen atoms in total. The van der Waals surface area contributed by atoms with E-state index >= 15 is 0 Å². The molecule has 0 unspecified atom stereocenters. The highest BCUT2D eigenvalue weighted by Gasteiger charge is 2.15. The van der Waals surface area contributed by atoms with Crippen molar-refractivity contribution >= 4 is 17.1 Å². The predicted molar refractivity (Wildman–Crippen MR) is 98.7 cm³/mol. The van der Waals surface area contributed by atoms with Crippen LogP contribution in [0.25, 0.3) is 11.0 Å². The quantitative estimate of drug-likeness (QED) is 0.811. The fourth-order valence-corrected chi connectivity index (χ4v) is 3.55. The van der Waals surface area contributed by atoms with Gasteiger partial charge in [-0.15, -0.1) is 0 Å². The average Bonchev–Trinajstić information content (AvgIpc) is 2.99. The minimum atomic E-state index is -0.0480. The van der Waals surface area contributed by atoms with Crippen LogP contribution in [0.5, 0.6) is 0 Å². The van der Waals surface area contributed by atoms with Crippen LogP contribution in [-0.4, -0.2) is 41.9 Å². The molecule has 0 aromatic carbocycles. The normalized spacial score (nSPS) is 15.4. The summed E-state index contributed by atoms with van der Waals surface area (Å²) < 4.78 is 7.30. The van der Waals surface area contributed by atoms with Crippen molar-refractivity contribution in [1.29, 1.82) is 0 Å². The molecule has 0 atom stereocenters. The third-order valence-electron chi connectivity index (χ3n) is 4.87. The molecule has 136 valence electrons. The van der Waals surface area contributed by atoms with E-state index in [-0.39, 0.29) is 6.03 Å². The van der Waals surface area contributed by atoms with E-state index in [0.29, 0.717) is 19.2 Å². The van der Waals surface area contributed by atoms with Crippen LogP contribution in [-0.2, 0) is 17.7 Å². The number of urea groups is 1. The largest absolute Gasteiger partial charge is 0.383 e. The number of nitrogens with zero attached hydrogens (tertiary/aromatic N) is 2. The Morgan fingerprint density at radius 2 is 2.20 bits per heavy atom. The minimum absolute atomic E-state index is 0.0480. The average molecular weight is 344 g/mol. The number of hydrogen-bond acceptors (Lipinski definition) is 3. The van der Waals surface area contributed by atoms with Gasteiger partial charge in [-0.05, 0) is 37.0 Å². The molecule has 1 saturated carbocycles. The first kappa shape index (κ1) is 17.7. The van der Waals surface area contributed by atoms with Gasteiger partial charge < -0.3 is 19.9 Å². The smallest absolute Gasteiger partial charge is 0.315 e. The summed E-state index contributed by atoms with van der Waals surface area (Å²) in [5.41, 5.74) is 2.18. The van der Waals surface area contributed by atoms with Crippen LogP contribution >= 0.6 is 0 Å². The van der Waals surface area contributed by atoms with Gasteiger partial charge in [0.05, 0.1) is 6.61 Å². The Morgan fingerprint density at radius 3 is 3.00 bits per heavy atom. The fraction of sp³-hybridized carbons (Fsp3) is 0.579. The number of rotatable bonds is 7. The highest BCUT2D eigenvalue weighted by Crippen LogP contribution is 2.20. The van der Waals surface area contributed by atoms with Gasteiger partial charge in [-0.25, -0.2) is 9.78 Å². The Balaban J connectivity index is 1.54. The lowest BCUT2D eigenvalue weighted by molar-refractivity contribution is 0.188. The molecule has 1 aliphatic rings. The van der Waals surface area contributed by atoms with Gasteiger partial charge in [-0.2, -0.15) is 0 Å². The lowest BCUT2D eigenvalue weighted by Gasteiger charge is -2.22. The molecule has 25 heavy (non-hydrogen) atoms. The maximum absolute atomic E-state index is 12.1. The van der Waals surface area contributed by atoms with Crippen LogP contribution in [0.2, 0.25) is 0 Å². The van der Waals surface area contributed by atoms with E-state index in [9.17, 15) is 4.79 Å². The summed E-state index contributed by atoms with van der Waals surface area (Å²) in [4.78, 5) is 16.5. The number of fused-ring (bicyclic) bond motifs is 1. The molecule has 2 aromatic rings. The van der Waals surface area contributed by atoms with E-state index < -0.39 is 0 Å². The van der Waals surface area contributed by atoms with Gasteiger partial charge in [0, 0.05) is 44.0 Å². The predicted octanol–water partition coefficient (Wildman–Crippen LogP) is 2.86. The zero-order valence-corrected chi connectivity index (χ0v) is 15.0. The van der Waals surface area contributed by atoms with Crippen molar-refractivity contribution in [2.24, 2.45) is 0 Å². The fourth-order valence-electron chi connectivity index (χ4n) is 3.55. The monoisotopic (exact) mass is 344 g/mol. The van der Waals surface area contributed by atoms with Crippen molar-refractivity contribution in [2.45, 2.75) is 51.1 Å². The molecule has 0 aliphatic heterocycles. The van der Waals surface area contributed by atoms with E-state index in [2.05, 4.69) is 32.4 Å². The van der Waals surface area contributed by atoms with Crippen LogP contribution < -0.4 is 10.6 Å². The third-order valence-corrected chi connectivity index (χ3v) is 4.87. The second-order valence-corrected chi connectivity index (χ2v) is 6.70. The Kier molecular flexibility index (Phi) is 6.28. The first-order valence-electron chi connectivity index (χ1n) is 9.24. The molecule has 1 fully saturated rings. The summed E-state index contributed by atoms with van der Waals surface area (Å²) in [5, 5.41) is 7.23. The second kappa shape index (κ2) is 8.85. The minimum Gasteiger partial charge on any atom is -0.383 e. The lowest BCUT2D eigenvalue weighted by Crippen LogP contribution is -2.43. The summed E-state index contributed by atoms with van der Waals surface area (Å²) in [5.74, 6) is 0. The number of nitrogens with one attached hydrogen (secondary N) is 2. The second-order valence-electron chi connectivity index (χ2n) is 6.70.